The van der Waals surface area contributed by atoms with Crippen LogP contribution >= 0.6 is 0 Å². The quantitative estimate of drug-likeness (QED) is 0.816. The molecule has 1 aliphatic carbocycles. The van der Waals surface area contributed by atoms with Crippen molar-refractivity contribution in [1.82, 2.24) is 4.90 Å². The molecule has 0 bridgehead atoms. The van der Waals surface area contributed by atoms with Crippen LogP contribution in [0.15, 0.2) is 0 Å². The summed E-state index contributed by atoms with van der Waals surface area (Å²) in [5, 5.41) is 16.4. The highest BCUT2D eigenvalue weighted by molar-refractivity contribution is 5.65. The fourth-order valence-electron chi connectivity index (χ4n) is 2.16. The van der Waals surface area contributed by atoms with Crippen molar-refractivity contribution in [2.24, 2.45) is 5.92 Å². The minimum absolute atomic E-state index is 0.106. The van der Waals surface area contributed by atoms with E-state index in [0.717, 1.165) is 13.5 Å². The zero-order chi connectivity index (χ0) is 14.1. The Bertz CT molecular complexity index is 256. The maximum atomic E-state index is 10.9. The molecule has 5 nitrogen and oxygen atoms in total. The molecule has 0 spiro atoms. The van der Waals surface area contributed by atoms with E-state index in [1.807, 2.05) is 13.8 Å². The number of hydrogen-bond acceptors (Lipinski definition) is 2. The van der Waals surface area contributed by atoms with Crippen molar-refractivity contribution in [3.05, 3.63) is 0 Å². The highest BCUT2D eigenvalue weighted by Crippen LogP contribution is 2.24. The first-order valence-electron chi connectivity index (χ1n) is 6.53. The number of nitrogens with zero attached hydrogens (tertiary/aromatic N) is 1. The van der Waals surface area contributed by atoms with Crippen LogP contribution in [0, 0.1) is 5.92 Å². The van der Waals surface area contributed by atoms with Crippen molar-refractivity contribution in [3.8, 4) is 0 Å². The summed E-state index contributed by atoms with van der Waals surface area (Å²) < 4.78 is 0. The summed E-state index contributed by atoms with van der Waals surface area (Å²) in [6.45, 7) is 5.70. The second-order valence-electron chi connectivity index (χ2n) is 5.05. The molecule has 0 aliphatic heterocycles. The summed E-state index contributed by atoms with van der Waals surface area (Å²) in [4.78, 5) is 21.5. The molecule has 106 valence electrons. The van der Waals surface area contributed by atoms with Crippen molar-refractivity contribution in [2.75, 3.05) is 6.54 Å². The van der Waals surface area contributed by atoms with Gasteiger partial charge in [0, 0.05) is 19.5 Å². The van der Waals surface area contributed by atoms with Gasteiger partial charge in [0.15, 0.2) is 0 Å². The number of carbonyl (C=O) groups is 2. The lowest BCUT2D eigenvalue weighted by Gasteiger charge is -2.30. The molecule has 0 saturated heterocycles. The molecule has 0 aromatic heterocycles. The minimum Gasteiger partial charge on any atom is -0.481 e. The Morgan fingerprint density at radius 2 is 1.61 bits per heavy atom. The topological polar surface area (TPSA) is 77.8 Å². The molecular weight excluding hydrogens is 234 g/mol. The van der Waals surface area contributed by atoms with E-state index >= 15 is 0 Å². The fourth-order valence-corrected chi connectivity index (χ4v) is 2.16. The van der Waals surface area contributed by atoms with Gasteiger partial charge in [-0.2, -0.15) is 0 Å². The molecule has 1 rings (SSSR count). The van der Waals surface area contributed by atoms with Gasteiger partial charge in [0.05, 0.1) is 0 Å². The molecule has 0 aromatic carbocycles. The summed E-state index contributed by atoms with van der Waals surface area (Å²) in [5.74, 6) is -0.234. The average Bonchev–Trinajstić information content (AvgIpc) is 2.25. The van der Waals surface area contributed by atoms with Crippen LogP contribution in [-0.4, -0.2) is 39.8 Å². The number of rotatable bonds is 3. The van der Waals surface area contributed by atoms with E-state index in [1.165, 1.54) is 32.1 Å². The first kappa shape index (κ1) is 16.7. The maximum Gasteiger partial charge on any atom is 0.407 e. The molecule has 1 saturated carbocycles. The lowest BCUT2D eigenvalue weighted by molar-refractivity contribution is -0.134. The second kappa shape index (κ2) is 8.78. The van der Waals surface area contributed by atoms with Crippen LogP contribution in [-0.2, 0) is 4.79 Å². The van der Waals surface area contributed by atoms with Crippen LogP contribution < -0.4 is 0 Å². The lowest BCUT2D eigenvalue weighted by atomic mass is 9.89. The smallest absolute Gasteiger partial charge is 0.407 e. The van der Waals surface area contributed by atoms with Crippen molar-refractivity contribution < 1.29 is 19.8 Å². The Balaban J connectivity index is 0.000000631. The summed E-state index contributed by atoms with van der Waals surface area (Å²) >= 11 is 0. The number of hydrogen-bond donors (Lipinski definition) is 2. The van der Waals surface area contributed by atoms with Gasteiger partial charge in [-0.1, -0.05) is 19.3 Å². The molecule has 0 aromatic rings. The number of carboxylic acids is 1. The standard InChI is InChI=1S/C11H21NO2.C2H4O2/c1-9(2)12(11(13)14)8-10-6-4-3-5-7-10;1-2(3)4/h9-10H,3-8H2,1-2H3,(H,13,14);1H3,(H,3,4). The largest absolute Gasteiger partial charge is 0.481 e. The van der Waals surface area contributed by atoms with E-state index in [0.29, 0.717) is 5.92 Å². The third-order valence-corrected chi connectivity index (χ3v) is 3.05. The molecule has 1 fully saturated rings. The molecule has 0 heterocycles. The zero-order valence-electron chi connectivity index (χ0n) is 11.6. The molecule has 18 heavy (non-hydrogen) atoms. The normalized spacial score (nSPS) is 15.8. The van der Waals surface area contributed by atoms with E-state index in [2.05, 4.69) is 0 Å². The van der Waals surface area contributed by atoms with Gasteiger partial charge in [0.25, 0.3) is 5.97 Å². The third kappa shape index (κ3) is 7.92. The van der Waals surface area contributed by atoms with Crippen molar-refractivity contribution in [3.63, 3.8) is 0 Å². The average molecular weight is 259 g/mol. The number of amides is 1. The SMILES string of the molecule is CC(=O)O.CC(C)N(CC1CCCCC1)C(=O)O. The van der Waals surface area contributed by atoms with E-state index in [1.54, 1.807) is 4.90 Å². The van der Waals surface area contributed by atoms with Gasteiger partial charge < -0.3 is 15.1 Å². The molecule has 2 N–H and O–H groups in total. The van der Waals surface area contributed by atoms with Gasteiger partial charge in [-0.25, -0.2) is 4.79 Å². The van der Waals surface area contributed by atoms with Crippen LogP contribution in [0.25, 0.3) is 0 Å². The molecule has 0 unspecified atom stereocenters. The summed E-state index contributed by atoms with van der Waals surface area (Å²) in [7, 11) is 0. The van der Waals surface area contributed by atoms with Gasteiger partial charge >= 0.3 is 6.09 Å². The molecular formula is C13H25NO4. The second-order valence-corrected chi connectivity index (χ2v) is 5.05. The Kier molecular flexibility index (Phi) is 8.16. The molecule has 5 heteroatoms. The predicted octanol–water partition coefficient (Wildman–Crippen LogP) is 3.05. The minimum atomic E-state index is -0.833. The van der Waals surface area contributed by atoms with E-state index in [-0.39, 0.29) is 6.04 Å². The predicted molar refractivity (Wildman–Crippen MR) is 69.8 cm³/mol. The summed E-state index contributed by atoms with van der Waals surface area (Å²) in [6, 6.07) is 0.106. The van der Waals surface area contributed by atoms with Crippen LogP contribution in [0.3, 0.4) is 0 Å². The molecule has 0 atom stereocenters. The van der Waals surface area contributed by atoms with Gasteiger partial charge in [-0.3, -0.25) is 4.79 Å². The molecule has 1 amide bonds. The van der Waals surface area contributed by atoms with Crippen molar-refractivity contribution in [2.45, 2.75) is 58.9 Å². The highest BCUT2D eigenvalue weighted by Gasteiger charge is 2.21. The van der Waals surface area contributed by atoms with E-state index in [4.69, 9.17) is 15.0 Å². The first-order valence-corrected chi connectivity index (χ1v) is 6.53. The summed E-state index contributed by atoms with van der Waals surface area (Å²) in [5.41, 5.74) is 0. The first-order chi connectivity index (χ1) is 8.34. The van der Waals surface area contributed by atoms with Gasteiger partial charge in [0.2, 0.25) is 0 Å². The zero-order valence-corrected chi connectivity index (χ0v) is 11.6. The third-order valence-electron chi connectivity index (χ3n) is 3.05. The van der Waals surface area contributed by atoms with Crippen LogP contribution in [0.2, 0.25) is 0 Å². The monoisotopic (exact) mass is 259 g/mol. The van der Waals surface area contributed by atoms with Crippen LogP contribution in [0.1, 0.15) is 52.9 Å². The van der Waals surface area contributed by atoms with Gasteiger partial charge in [-0.05, 0) is 32.6 Å². The lowest BCUT2D eigenvalue weighted by Crippen LogP contribution is -2.39. The van der Waals surface area contributed by atoms with E-state index in [9.17, 15) is 4.79 Å². The molecule has 1 aliphatic rings. The Morgan fingerprint density at radius 1 is 1.17 bits per heavy atom. The van der Waals surface area contributed by atoms with Crippen molar-refractivity contribution in [1.29, 1.82) is 0 Å². The van der Waals surface area contributed by atoms with E-state index < -0.39 is 12.1 Å². The summed E-state index contributed by atoms with van der Waals surface area (Å²) in [6.07, 6.45) is 5.51. The highest BCUT2D eigenvalue weighted by atomic mass is 16.4. The fraction of sp³-hybridized carbons (Fsp3) is 0.846. The van der Waals surface area contributed by atoms with Gasteiger partial charge in [0.1, 0.15) is 0 Å². The Hall–Kier alpha value is -1.26. The number of aliphatic carboxylic acids is 1. The van der Waals surface area contributed by atoms with Crippen LogP contribution in [0.4, 0.5) is 4.79 Å². The Morgan fingerprint density at radius 3 is 1.94 bits per heavy atom. The molecule has 0 radical (unpaired) electrons. The van der Waals surface area contributed by atoms with Crippen molar-refractivity contribution >= 4 is 12.1 Å². The maximum absolute atomic E-state index is 10.9. The van der Waals surface area contributed by atoms with Crippen LogP contribution in [0.5, 0.6) is 0 Å². The Labute approximate surface area is 109 Å². The number of carboxylic acid groups (broad SMARTS) is 2. The van der Waals surface area contributed by atoms with Gasteiger partial charge in [-0.15, -0.1) is 0 Å².